The number of fused-ring (bicyclic) bond motifs is 1. The van der Waals surface area contributed by atoms with Crippen molar-refractivity contribution in [3.8, 4) is 6.07 Å². The Balaban J connectivity index is 1.71. The minimum atomic E-state index is 0.0757. The second kappa shape index (κ2) is 8.86. The molecular formula is C21H23N3OS. The third kappa shape index (κ3) is 4.25. The number of aromatic nitrogens is 1. The molecule has 2 heterocycles. The zero-order valence-electron chi connectivity index (χ0n) is 15.1. The molecule has 0 unspecified atom stereocenters. The number of rotatable bonds is 6. The number of benzene rings is 1. The molecule has 4 nitrogen and oxygen atoms in total. The van der Waals surface area contributed by atoms with Crippen molar-refractivity contribution in [1.29, 1.82) is 5.26 Å². The van der Waals surface area contributed by atoms with E-state index in [9.17, 15) is 10.1 Å². The first-order chi connectivity index (χ1) is 12.7. The minimum Gasteiger partial charge on any atom is -0.311 e. The van der Waals surface area contributed by atoms with Crippen molar-refractivity contribution in [3.05, 3.63) is 53.2 Å². The highest BCUT2D eigenvalue weighted by Gasteiger charge is 2.22. The predicted octanol–water partition coefficient (Wildman–Crippen LogP) is 4.37. The molecule has 1 aliphatic rings. The lowest BCUT2D eigenvalue weighted by molar-refractivity contribution is -0.116. The van der Waals surface area contributed by atoms with Crippen LogP contribution in [0.4, 0.5) is 5.69 Å². The second-order valence-corrected chi connectivity index (χ2v) is 7.40. The van der Waals surface area contributed by atoms with Crippen LogP contribution < -0.4 is 4.90 Å². The van der Waals surface area contributed by atoms with Gasteiger partial charge in [-0.15, -0.1) is 0 Å². The molecule has 5 heteroatoms. The Morgan fingerprint density at radius 2 is 2.15 bits per heavy atom. The van der Waals surface area contributed by atoms with Crippen molar-refractivity contribution in [2.24, 2.45) is 0 Å². The Morgan fingerprint density at radius 1 is 1.31 bits per heavy atom. The fourth-order valence-electron chi connectivity index (χ4n) is 3.17. The van der Waals surface area contributed by atoms with Crippen LogP contribution in [0, 0.1) is 11.3 Å². The smallest absolute Gasteiger partial charge is 0.237 e. The normalized spacial score (nSPS) is 13.2. The van der Waals surface area contributed by atoms with Gasteiger partial charge in [-0.05, 0) is 49.4 Å². The number of aryl methyl sites for hydroxylation is 2. The molecule has 2 aromatic rings. The molecule has 0 aliphatic carbocycles. The number of hydrogen-bond acceptors (Lipinski definition) is 4. The average Bonchev–Trinajstić information content (AvgIpc) is 2.70. The molecule has 0 atom stereocenters. The van der Waals surface area contributed by atoms with Crippen LogP contribution in [0.5, 0.6) is 0 Å². The van der Waals surface area contributed by atoms with Gasteiger partial charge in [-0.1, -0.05) is 43.3 Å². The highest BCUT2D eigenvalue weighted by molar-refractivity contribution is 8.00. The second-order valence-electron chi connectivity index (χ2n) is 6.44. The van der Waals surface area contributed by atoms with Crippen molar-refractivity contribution in [2.45, 2.75) is 44.1 Å². The van der Waals surface area contributed by atoms with Gasteiger partial charge in [0.1, 0.15) is 11.1 Å². The lowest BCUT2D eigenvalue weighted by Crippen LogP contribution is -2.36. The third-order valence-corrected chi connectivity index (χ3v) is 5.54. The number of amides is 1. The molecule has 0 radical (unpaired) electrons. The van der Waals surface area contributed by atoms with Gasteiger partial charge in [0, 0.05) is 17.9 Å². The largest absolute Gasteiger partial charge is 0.311 e. The van der Waals surface area contributed by atoms with Gasteiger partial charge in [0.25, 0.3) is 0 Å². The average molecular weight is 366 g/mol. The first-order valence-corrected chi connectivity index (χ1v) is 10.1. The van der Waals surface area contributed by atoms with Crippen LogP contribution in [-0.2, 0) is 17.6 Å². The standard InChI is InChI=1S/C21H23N3OS/c1-2-3-9-18-12-11-17(14-22)21(23-18)26-15-20(25)24-13-6-8-16-7-4-5-10-19(16)24/h4-5,7,10-12H,2-3,6,8-9,13,15H2,1H3. The van der Waals surface area contributed by atoms with E-state index in [2.05, 4.69) is 24.0 Å². The van der Waals surface area contributed by atoms with Crippen molar-refractivity contribution in [3.63, 3.8) is 0 Å². The fourth-order valence-corrected chi connectivity index (χ4v) is 4.04. The predicted molar refractivity (Wildman–Crippen MR) is 105 cm³/mol. The Hall–Kier alpha value is -2.32. The number of carbonyl (C=O) groups is 1. The quantitative estimate of drug-likeness (QED) is 0.714. The van der Waals surface area contributed by atoms with Gasteiger partial charge in [0.2, 0.25) is 5.91 Å². The SMILES string of the molecule is CCCCc1ccc(C#N)c(SCC(=O)N2CCCc3ccccc32)n1. The summed E-state index contributed by atoms with van der Waals surface area (Å²) >= 11 is 1.37. The van der Waals surface area contributed by atoms with Gasteiger partial charge < -0.3 is 4.90 Å². The van der Waals surface area contributed by atoms with E-state index in [0.717, 1.165) is 50.0 Å². The number of anilines is 1. The van der Waals surface area contributed by atoms with Gasteiger partial charge in [-0.25, -0.2) is 4.98 Å². The van der Waals surface area contributed by atoms with E-state index in [1.165, 1.54) is 17.3 Å². The summed E-state index contributed by atoms with van der Waals surface area (Å²) in [5, 5.41) is 10.00. The van der Waals surface area contributed by atoms with Crippen LogP contribution in [0.15, 0.2) is 41.4 Å². The number of thioether (sulfide) groups is 1. The zero-order valence-corrected chi connectivity index (χ0v) is 15.9. The number of pyridine rings is 1. The lowest BCUT2D eigenvalue weighted by atomic mass is 10.0. The molecule has 0 N–H and O–H groups in total. The summed E-state index contributed by atoms with van der Waals surface area (Å²) in [7, 11) is 0. The van der Waals surface area contributed by atoms with Gasteiger partial charge in [0.05, 0.1) is 11.3 Å². The number of unbranched alkanes of at least 4 members (excludes halogenated alkanes) is 1. The van der Waals surface area contributed by atoms with Crippen molar-refractivity contribution >= 4 is 23.4 Å². The molecule has 1 aromatic heterocycles. The fraction of sp³-hybridized carbons (Fsp3) is 0.381. The topological polar surface area (TPSA) is 57.0 Å². The van der Waals surface area contributed by atoms with Gasteiger partial charge in [0.15, 0.2) is 0 Å². The molecule has 0 spiro atoms. The molecule has 3 rings (SSSR count). The number of nitrogens with zero attached hydrogens (tertiary/aromatic N) is 3. The van der Waals surface area contributed by atoms with Gasteiger partial charge in [-0.2, -0.15) is 5.26 Å². The molecule has 1 aliphatic heterocycles. The van der Waals surface area contributed by atoms with Crippen LogP contribution in [-0.4, -0.2) is 23.2 Å². The minimum absolute atomic E-state index is 0.0757. The molecule has 26 heavy (non-hydrogen) atoms. The molecular weight excluding hydrogens is 342 g/mol. The van der Waals surface area contributed by atoms with Crippen molar-refractivity contribution < 1.29 is 4.79 Å². The monoisotopic (exact) mass is 365 g/mol. The summed E-state index contributed by atoms with van der Waals surface area (Å²) in [5.41, 5.74) is 3.79. The number of nitriles is 1. The van der Waals surface area contributed by atoms with Crippen LogP contribution in [0.2, 0.25) is 0 Å². The third-order valence-electron chi connectivity index (χ3n) is 4.57. The lowest BCUT2D eigenvalue weighted by Gasteiger charge is -2.29. The molecule has 0 saturated carbocycles. The summed E-state index contributed by atoms with van der Waals surface area (Å²) < 4.78 is 0. The van der Waals surface area contributed by atoms with Crippen molar-refractivity contribution in [1.82, 2.24) is 4.98 Å². The maximum absolute atomic E-state index is 12.8. The molecule has 134 valence electrons. The Kier molecular flexibility index (Phi) is 6.30. The van der Waals surface area contributed by atoms with E-state index in [1.54, 1.807) is 0 Å². The summed E-state index contributed by atoms with van der Waals surface area (Å²) in [6.45, 7) is 2.90. The van der Waals surface area contributed by atoms with Crippen molar-refractivity contribution in [2.75, 3.05) is 17.2 Å². The van der Waals surface area contributed by atoms with E-state index in [1.807, 2.05) is 35.2 Å². The molecule has 0 saturated heterocycles. The maximum Gasteiger partial charge on any atom is 0.237 e. The maximum atomic E-state index is 12.8. The van der Waals surface area contributed by atoms with E-state index in [-0.39, 0.29) is 5.91 Å². The molecule has 1 aromatic carbocycles. The zero-order chi connectivity index (χ0) is 18.4. The molecule has 1 amide bonds. The van der Waals surface area contributed by atoms with Gasteiger partial charge in [-0.3, -0.25) is 4.79 Å². The van der Waals surface area contributed by atoms with Crippen LogP contribution in [0.1, 0.15) is 43.0 Å². The summed E-state index contributed by atoms with van der Waals surface area (Å²) in [4.78, 5) is 19.3. The van der Waals surface area contributed by atoms with E-state index >= 15 is 0 Å². The summed E-state index contributed by atoms with van der Waals surface area (Å²) in [6, 6.07) is 14.0. The number of para-hydroxylation sites is 1. The van der Waals surface area contributed by atoms with Gasteiger partial charge >= 0.3 is 0 Å². The Labute approximate surface area is 159 Å². The highest BCUT2D eigenvalue weighted by Crippen LogP contribution is 2.28. The first-order valence-electron chi connectivity index (χ1n) is 9.14. The summed E-state index contributed by atoms with van der Waals surface area (Å²) in [5.74, 6) is 0.375. The highest BCUT2D eigenvalue weighted by atomic mass is 32.2. The summed E-state index contributed by atoms with van der Waals surface area (Å²) in [6.07, 6.45) is 5.10. The van der Waals surface area contributed by atoms with E-state index in [4.69, 9.17) is 0 Å². The van der Waals surface area contributed by atoms with Crippen LogP contribution >= 0.6 is 11.8 Å². The number of carbonyl (C=O) groups excluding carboxylic acids is 1. The van der Waals surface area contributed by atoms with E-state index in [0.29, 0.717) is 16.3 Å². The van der Waals surface area contributed by atoms with E-state index < -0.39 is 0 Å². The Morgan fingerprint density at radius 3 is 2.96 bits per heavy atom. The molecule has 0 bridgehead atoms. The Bertz CT molecular complexity index is 828. The molecule has 0 fully saturated rings. The first kappa shape index (κ1) is 18.5. The van der Waals surface area contributed by atoms with Crippen LogP contribution in [0.3, 0.4) is 0 Å². The number of hydrogen-bond donors (Lipinski definition) is 0. The van der Waals surface area contributed by atoms with Crippen LogP contribution in [0.25, 0.3) is 0 Å².